The van der Waals surface area contributed by atoms with Gasteiger partial charge in [0.1, 0.15) is 5.82 Å². The van der Waals surface area contributed by atoms with Crippen LogP contribution in [0.15, 0.2) is 72.8 Å². The number of rotatable bonds is 6. The summed E-state index contributed by atoms with van der Waals surface area (Å²) in [6, 6.07) is 21.7. The number of hydrogen-bond acceptors (Lipinski definition) is 4. The summed E-state index contributed by atoms with van der Waals surface area (Å²) >= 11 is 0. The third kappa shape index (κ3) is 3.78. The van der Waals surface area contributed by atoms with Crippen molar-refractivity contribution in [1.82, 2.24) is 19.8 Å². The Kier molecular flexibility index (Phi) is 5.22. The van der Waals surface area contributed by atoms with Gasteiger partial charge in [0.15, 0.2) is 0 Å². The lowest BCUT2D eigenvalue weighted by Gasteiger charge is -2.14. The lowest BCUT2D eigenvalue weighted by molar-refractivity contribution is 0.0642. The fourth-order valence-corrected chi connectivity index (χ4v) is 4.24. The third-order valence-electron chi connectivity index (χ3n) is 5.87. The van der Waals surface area contributed by atoms with Gasteiger partial charge in [0.2, 0.25) is 0 Å². The lowest BCUT2D eigenvalue weighted by atomic mass is 10.1. The summed E-state index contributed by atoms with van der Waals surface area (Å²) in [6.07, 6.45) is 0. The zero-order chi connectivity index (χ0) is 22.9. The SMILES string of the molecule is Cc1nc2ccccc2n1CCNC(=O)c1cccc(CN2C(=O)c3ccccc3C2=O)c1. The molecule has 0 spiro atoms. The summed E-state index contributed by atoms with van der Waals surface area (Å²) in [5.41, 5.74) is 4.00. The molecule has 3 amide bonds. The van der Waals surface area contributed by atoms with Gasteiger partial charge in [-0.2, -0.15) is 0 Å². The number of fused-ring (bicyclic) bond motifs is 2. The summed E-state index contributed by atoms with van der Waals surface area (Å²) in [7, 11) is 0. The summed E-state index contributed by atoms with van der Waals surface area (Å²) in [4.78, 5) is 43.7. The van der Waals surface area contributed by atoms with Gasteiger partial charge in [-0.05, 0) is 48.9 Å². The first-order valence-electron chi connectivity index (χ1n) is 10.8. The van der Waals surface area contributed by atoms with Gasteiger partial charge >= 0.3 is 0 Å². The molecular formula is C26H22N4O3. The van der Waals surface area contributed by atoms with Crippen LogP contribution in [-0.4, -0.2) is 38.7 Å². The molecule has 2 heterocycles. The van der Waals surface area contributed by atoms with Crippen molar-refractivity contribution >= 4 is 28.8 Å². The first kappa shape index (κ1) is 20.6. The zero-order valence-corrected chi connectivity index (χ0v) is 18.1. The van der Waals surface area contributed by atoms with Gasteiger partial charge in [-0.3, -0.25) is 19.3 Å². The minimum atomic E-state index is -0.312. The number of imide groups is 1. The Bertz CT molecular complexity index is 1370. The van der Waals surface area contributed by atoms with E-state index in [1.165, 1.54) is 4.90 Å². The molecule has 0 aliphatic carbocycles. The fourth-order valence-electron chi connectivity index (χ4n) is 4.24. The van der Waals surface area contributed by atoms with Gasteiger partial charge in [-0.1, -0.05) is 36.4 Å². The second-order valence-electron chi connectivity index (χ2n) is 8.00. The van der Waals surface area contributed by atoms with Crippen LogP contribution >= 0.6 is 0 Å². The van der Waals surface area contributed by atoms with Crippen LogP contribution in [-0.2, 0) is 13.1 Å². The first-order valence-corrected chi connectivity index (χ1v) is 10.8. The summed E-state index contributed by atoms with van der Waals surface area (Å²) in [5, 5.41) is 2.95. The van der Waals surface area contributed by atoms with E-state index in [9.17, 15) is 14.4 Å². The van der Waals surface area contributed by atoms with Crippen LogP contribution in [0.3, 0.4) is 0 Å². The van der Waals surface area contributed by atoms with E-state index in [4.69, 9.17) is 0 Å². The normalized spacial score (nSPS) is 12.9. The molecule has 0 unspecified atom stereocenters. The molecule has 0 radical (unpaired) electrons. The Balaban J connectivity index is 1.25. The molecule has 0 atom stereocenters. The molecule has 33 heavy (non-hydrogen) atoms. The van der Waals surface area contributed by atoms with E-state index >= 15 is 0 Å². The minimum Gasteiger partial charge on any atom is -0.350 e. The number of aromatic nitrogens is 2. The van der Waals surface area contributed by atoms with E-state index in [2.05, 4.69) is 14.9 Å². The van der Waals surface area contributed by atoms with Crippen LogP contribution < -0.4 is 5.32 Å². The van der Waals surface area contributed by atoms with Crippen LogP contribution in [0.5, 0.6) is 0 Å². The van der Waals surface area contributed by atoms with E-state index in [1.54, 1.807) is 48.5 Å². The number of carbonyl (C=O) groups is 3. The number of benzene rings is 3. The van der Waals surface area contributed by atoms with Crippen LogP contribution in [0.1, 0.15) is 42.5 Å². The first-order chi connectivity index (χ1) is 16.0. The molecule has 0 bridgehead atoms. The molecule has 164 valence electrons. The Morgan fingerprint density at radius 2 is 1.61 bits per heavy atom. The third-order valence-corrected chi connectivity index (χ3v) is 5.87. The average molecular weight is 438 g/mol. The number of aryl methyl sites for hydroxylation is 1. The van der Waals surface area contributed by atoms with Crippen molar-refractivity contribution in [3.05, 3.63) is 101 Å². The van der Waals surface area contributed by atoms with Crippen molar-refractivity contribution in [3.63, 3.8) is 0 Å². The Labute approximate surface area is 190 Å². The molecule has 1 aliphatic rings. The lowest BCUT2D eigenvalue weighted by Crippen LogP contribution is -2.30. The van der Waals surface area contributed by atoms with Crippen molar-refractivity contribution in [2.24, 2.45) is 0 Å². The molecule has 1 aliphatic heterocycles. The Morgan fingerprint density at radius 1 is 0.909 bits per heavy atom. The summed E-state index contributed by atoms with van der Waals surface area (Å²) < 4.78 is 2.08. The molecular weight excluding hydrogens is 416 g/mol. The largest absolute Gasteiger partial charge is 0.350 e. The molecule has 1 aromatic heterocycles. The highest BCUT2D eigenvalue weighted by molar-refractivity contribution is 6.21. The minimum absolute atomic E-state index is 0.119. The van der Waals surface area contributed by atoms with Crippen molar-refractivity contribution in [2.75, 3.05) is 6.54 Å². The molecule has 5 rings (SSSR count). The number of carbonyl (C=O) groups excluding carboxylic acids is 3. The summed E-state index contributed by atoms with van der Waals surface area (Å²) in [6.45, 7) is 3.12. The Hall–Kier alpha value is -4.26. The molecule has 3 aromatic carbocycles. The van der Waals surface area contributed by atoms with Crippen molar-refractivity contribution < 1.29 is 14.4 Å². The molecule has 0 saturated carbocycles. The standard InChI is InChI=1S/C26H22N4O3/c1-17-28-22-11-4-5-12-23(22)29(17)14-13-27-24(31)19-8-6-7-18(15-19)16-30-25(32)20-9-2-3-10-21(20)26(30)33/h2-12,15H,13-14,16H2,1H3,(H,27,31). The zero-order valence-electron chi connectivity index (χ0n) is 18.1. The van der Waals surface area contributed by atoms with Crippen LogP contribution in [0.2, 0.25) is 0 Å². The maximum absolute atomic E-state index is 12.7. The van der Waals surface area contributed by atoms with Crippen LogP contribution in [0, 0.1) is 6.92 Å². The maximum atomic E-state index is 12.7. The number of hydrogen-bond donors (Lipinski definition) is 1. The van der Waals surface area contributed by atoms with Gasteiger partial charge in [-0.15, -0.1) is 0 Å². The number of nitrogens with zero attached hydrogens (tertiary/aromatic N) is 3. The fraction of sp³-hybridized carbons (Fsp3) is 0.154. The second-order valence-corrected chi connectivity index (χ2v) is 8.00. The van der Waals surface area contributed by atoms with Crippen LogP contribution in [0.25, 0.3) is 11.0 Å². The summed E-state index contributed by atoms with van der Waals surface area (Å²) in [5.74, 6) is 0.0661. The van der Waals surface area contributed by atoms with Crippen molar-refractivity contribution in [1.29, 1.82) is 0 Å². The van der Waals surface area contributed by atoms with E-state index < -0.39 is 0 Å². The molecule has 4 aromatic rings. The van der Waals surface area contributed by atoms with Crippen molar-refractivity contribution in [3.8, 4) is 0 Å². The molecule has 7 nitrogen and oxygen atoms in total. The highest BCUT2D eigenvalue weighted by Crippen LogP contribution is 2.24. The number of nitrogens with one attached hydrogen (secondary N) is 1. The van der Waals surface area contributed by atoms with E-state index in [0.717, 1.165) is 16.9 Å². The average Bonchev–Trinajstić information content (AvgIpc) is 3.28. The number of para-hydroxylation sites is 2. The maximum Gasteiger partial charge on any atom is 0.261 e. The highest BCUT2D eigenvalue weighted by Gasteiger charge is 2.34. The second kappa shape index (κ2) is 8.35. The molecule has 0 saturated heterocycles. The number of amides is 3. The van der Waals surface area contributed by atoms with E-state index in [0.29, 0.717) is 35.3 Å². The number of imidazole rings is 1. The van der Waals surface area contributed by atoms with Gasteiger partial charge in [0.05, 0.1) is 28.7 Å². The van der Waals surface area contributed by atoms with Gasteiger partial charge in [-0.25, -0.2) is 4.98 Å². The molecule has 0 fully saturated rings. The van der Waals surface area contributed by atoms with Gasteiger partial charge in [0, 0.05) is 18.7 Å². The van der Waals surface area contributed by atoms with Gasteiger partial charge in [0.25, 0.3) is 17.7 Å². The van der Waals surface area contributed by atoms with E-state index in [-0.39, 0.29) is 24.3 Å². The topological polar surface area (TPSA) is 84.3 Å². The molecule has 7 heteroatoms. The van der Waals surface area contributed by atoms with E-state index in [1.807, 2.05) is 31.2 Å². The highest BCUT2D eigenvalue weighted by atomic mass is 16.2. The van der Waals surface area contributed by atoms with Gasteiger partial charge < -0.3 is 9.88 Å². The quantitative estimate of drug-likeness (QED) is 0.467. The van der Waals surface area contributed by atoms with Crippen molar-refractivity contribution in [2.45, 2.75) is 20.0 Å². The molecule has 1 N–H and O–H groups in total. The van der Waals surface area contributed by atoms with Crippen LogP contribution in [0.4, 0.5) is 0 Å². The predicted octanol–water partition coefficient (Wildman–Crippen LogP) is 3.57. The monoisotopic (exact) mass is 438 g/mol. The Morgan fingerprint density at radius 3 is 2.36 bits per heavy atom. The smallest absolute Gasteiger partial charge is 0.261 e. The predicted molar refractivity (Wildman–Crippen MR) is 124 cm³/mol.